The molecule has 0 saturated heterocycles. The second kappa shape index (κ2) is 6.37. The predicted molar refractivity (Wildman–Crippen MR) is 109 cm³/mol. The standard InChI is InChI=1S/C25H24O3/c1-14-10-19(28-13-16-6-4-3-5-7-16)11-15(2)20(14)23-24(26)21-17-8-9-18(12-17)22(21)25(23)27/h3-11,17-18,21-22,26H,12-13H2,1-2H3/t17-,18+,21-,22?/m0/s1. The number of aliphatic hydroxyl groups is 1. The molecule has 0 radical (unpaired) electrons. The van der Waals surface area contributed by atoms with E-state index in [0.717, 1.165) is 34.4 Å². The molecule has 2 aromatic carbocycles. The van der Waals surface area contributed by atoms with Crippen molar-refractivity contribution < 1.29 is 14.6 Å². The normalized spacial score (nSPS) is 27.6. The molecule has 0 amide bonds. The van der Waals surface area contributed by atoms with Crippen LogP contribution in [0.3, 0.4) is 0 Å². The molecule has 0 spiro atoms. The summed E-state index contributed by atoms with van der Waals surface area (Å²) in [7, 11) is 0. The Hall–Kier alpha value is -2.81. The summed E-state index contributed by atoms with van der Waals surface area (Å²) in [5, 5.41) is 11.0. The highest BCUT2D eigenvalue weighted by molar-refractivity contribution is 6.25. The molecule has 142 valence electrons. The highest BCUT2D eigenvalue weighted by atomic mass is 16.5. The van der Waals surface area contributed by atoms with Gasteiger partial charge in [-0.25, -0.2) is 0 Å². The van der Waals surface area contributed by atoms with Crippen LogP contribution in [0.5, 0.6) is 5.75 Å². The Morgan fingerprint density at radius 3 is 2.29 bits per heavy atom. The van der Waals surface area contributed by atoms with Crippen molar-refractivity contribution in [2.75, 3.05) is 0 Å². The lowest BCUT2D eigenvalue weighted by Gasteiger charge is -2.19. The molecule has 3 nitrogen and oxygen atoms in total. The molecular weight excluding hydrogens is 348 g/mol. The van der Waals surface area contributed by atoms with Crippen molar-refractivity contribution in [3.05, 3.63) is 82.6 Å². The fraction of sp³-hybridized carbons (Fsp3) is 0.320. The number of carbonyl (C=O) groups is 1. The van der Waals surface area contributed by atoms with E-state index in [1.54, 1.807) is 0 Å². The van der Waals surface area contributed by atoms with Gasteiger partial charge in [-0.15, -0.1) is 0 Å². The Balaban J connectivity index is 1.46. The van der Waals surface area contributed by atoms with E-state index in [1.807, 2.05) is 56.3 Å². The molecule has 0 aliphatic heterocycles. The minimum atomic E-state index is -0.0715. The Kier molecular flexibility index (Phi) is 3.94. The van der Waals surface area contributed by atoms with E-state index in [-0.39, 0.29) is 23.5 Å². The third kappa shape index (κ3) is 2.53. The van der Waals surface area contributed by atoms with Crippen LogP contribution in [0.15, 0.2) is 60.4 Å². The van der Waals surface area contributed by atoms with Gasteiger partial charge >= 0.3 is 0 Å². The number of carbonyl (C=O) groups excluding carboxylic acids is 1. The van der Waals surface area contributed by atoms with Gasteiger partial charge in [-0.05, 0) is 66.5 Å². The van der Waals surface area contributed by atoms with Gasteiger partial charge in [0.05, 0.1) is 5.57 Å². The van der Waals surface area contributed by atoms with Crippen LogP contribution in [-0.2, 0) is 11.4 Å². The lowest BCUT2D eigenvalue weighted by molar-refractivity contribution is -0.118. The predicted octanol–water partition coefficient (Wildman–Crippen LogP) is 5.17. The van der Waals surface area contributed by atoms with Gasteiger partial charge < -0.3 is 9.84 Å². The number of hydrogen-bond donors (Lipinski definition) is 1. The van der Waals surface area contributed by atoms with Crippen LogP contribution < -0.4 is 4.74 Å². The van der Waals surface area contributed by atoms with Gasteiger partial charge in [0.25, 0.3) is 0 Å². The van der Waals surface area contributed by atoms with Crippen LogP contribution in [-0.4, -0.2) is 10.9 Å². The van der Waals surface area contributed by atoms with Crippen molar-refractivity contribution in [1.82, 2.24) is 0 Å². The van der Waals surface area contributed by atoms with Crippen molar-refractivity contribution in [3.63, 3.8) is 0 Å². The molecule has 1 unspecified atom stereocenters. The van der Waals surface area contributed by atoms with Gasteiger partial charge in [-0.2, -0.15) is 0 Å². The summed E-state index contributed by atoms with van der Waals surface area (Å²) in [6.07, 6.45) is 5.35. The highest BCUT2D eigenvalue weighted by Crippen LogP contribution is 2.57. The number of ketones is 1. The van der Waals surface area contributed by atoms with E-state index in [2.05, 4.69) is 12.2 Å². The molecule has 0 heterocycles. The summed E-state index contributed by atoms with van der Waals surface area (Å²) in [5.41, 5.74) is 4.47. The second-order valence-electron chi connectivity index (χ2n) is 8.33. The molecule has 3 heteroatoms. The fourth-order valence-electron chi connectivity index (χ4n) is 5.41. The van der Waals surface area contributed by atoms with Gasteiger partial charge in [0.2, 0.25) is 0 Å². The number of aryl methyl sites for hydroxylation is 2. The van der Waals surface area contributed by atoms with Crippen molar-refractivity contribution in [2.24, 2.45) is 23.7 Å². The zero-order valence-electron chi connectivity index (χ0n) is 16.2. The maximum atomic E-state index is 13.2. The monoisotopic (exact) mass is 372 g/mol. The molecule has 1 saturated carbocycles. The molecule has 1 fully saturated rings. The molecule has 0 aromatic heterocycles. The largest absolute Gasteiger partial charge is 0.511 e. The molecule has 2 bridgehead atoms. The van der Waals surface area contributed by atoms with E-state index in [1.165, 1.54) is 0 Å². The Bertz CT molecular complexity index is 992. The number of Topliss-reactive ketones (excluding diaryl/α,β-unsaturated/α-hetero) is 1. The maximum absolute atomic E-state index is 13.2. The first-order chi connectivity index (χ1) is 13.5. The van der Waals surface area contributed by atoms with Gasteiger partial charge in [-0.3, -0.25) is 4.79 Å². The number of rotatable bonds is 4. The first-order valence-corrected chi connectivity index (χ1v) is 9.98. The summed E-state index contributed by atoms with van der Waals surface area (Å²) in [6.45, 7) is 4.49. The van der Waals surface area contributed by atoms with E-state index in [0.29, 0.717) is 23.9 Å². The zero-order valence-corrected chi connectivity index (χ0v) is 16.2. The van der Waals surface area contributed by atoms with Crippen LogP contribution in [0, 0.1) is 37.5 Å². The van der Waals surface area contributed by atoms with Crippen molar-refractivity contribution in [3.8, 4) is 5.75 Å². The molecule has 28 heavy (non-hydrogen) atoms. The number of ether oxygens (including phenoxy) is 1. The van der Waals surface area contributed by atoms with Gasteiger partial charge in [0, 0.05) is 11.8 Å². The molecule has 4 atom stereocenters. The van der Waals surface area contributed by atoms with Gasteiger partial charge in [0.1, 0.15) is 18.1 Å². The van der Waals surface area contributed by atoms with Crippen molar-refractivity contribution in [1.29, 1.82) is 0 Å². The van der Waals surface area contributed by atoms with Crippen LogP contribution in [0.2, 0.25) is 0 Å². The first-order valence-electron chi connectivity index (χ1n) is 9.98. The molecule has 3 aliphatic carbocycles. The number of fused-ring (bicyclic) bond motifs is 5. The third-order valence-electron chi connectivity index (χ3n) is 6.58. The summed E-state index contributed by atoms with van der Waals surface area (Å²) in [4.78, 5) is 13.2. The first kappa shape index (κ1) is 17.3. The summed E-state index contributed by atoms with van der Waals surface area (Å²) in [5.74, 6) is 1.71. The summed E-state index contributed by atoms with van der Waals surface area (Å²) < 4.78 is 5.97. The minimum absolute atomic E-state index is 0.0229. The number of benzene rings is 2. The molecular formula is C25H24O3. The average molecular weight is 372 g/mol. The lowest BCUT2D eigenvalue weighted by atomic mass is 9.84. The van der Waals surface area contributed by atoms with Crippen LogP contribution in [0.25, 0.3) is 5.57 Å². The minimum Gasteiger partial charge on any atom is -0.511 e. The summed E-state index contributed by atoms with van der Waals surface area (Å²) in [6, 6.07) is 14.0. The van der Waals surface area contributed by atoms with E-state index in [9.17, 15) is 9.90 Å². The highest BCUT2D eigenvalue weighted by Gasteiger charge is 2.55. The van der Waals surface area contributed by atoms with E-state index in [4.69, 9.17) is 4.74 Å². The zero-order chi connectivity index (χ0) is 19.4. The Labute approximate surface area is 165 Å². The Morgan fingerprint density at radius 1 is 1.00 bits per heavy atom. The molecule has 5 rings (SSSR count). The van der Waals surface area contributed by atoms with Crippen molar-refractivity contribution in [2.45, 2.75) is 26.9 Å². The van der Waals surface area contributed by atoms with E-state index < -0.39 is 0 Å². The fourth-order valence-corrected chi connectivity index (χ4v) is 5.41. The van der Waals surface area contributed by atoms with Crippen molar-refractivity contribution >= 4 is 11.4 Å². The number of allylic oxidation sites excluding steroid dienone is 4. The second-order valence-corrected chi connectivity index (χ2v) is 8.33. The average Bonchev–Trinajstić information content (AvgIpc) is 3.36. The number of hydrogen-bond acceptors (Lipinski definition) is 3. The molecule has 3 aliphatic rings. The van der Waals surface area contributed by atoms with Gasteiger partial charge in [-0.1, -0.05) is 42.5 Å². The smallest absolute Gasteiger partial charge is 0.171 e. The molecule has 1 N–H and O–H groups in total. The van der Waals surface area contributed by atoms with Crippen LogP contribution in [0.4, 0.5) is 0 Å². The topological polar surface area (TPSA) is 46.5 Å². The summed E-state index contributed by atoms with van der Waals surface area (Å²) >= 11 is 0. The van der Waals surface area contributed by atoms with Gasteiger partial charge in [0.15, 0.2) is 5.78 Å². The maximum Gasteiger partial charge on any atom is 0.171 e. The number of aliphatic hydroxyl groups excluding tert-OH is 1. The third-order valence-corrected chi connectivity index (χ3v) is 6.58. The SMILES string of the molecule is Cc1cc(OCc2ccccc2)cc(C)c1C1=C(O)[C@@H]2C(C1=O)[C@@H]1C=C[C@H]2C1. The quantitative estimate of drug-likeness (QED) is 0.753. The van der Waals surface area contributed by atoms with E-state index >= 15 is 0 Å². The Morgan fingerprint density at radius 2 is 1.64 bits per heavy atom. The van der Waals surface area contributed by atoms with Crippen LogP contribution >= 0.6 is 0 Å². The molecule has 2 aromatic rings. The van der Waals surface area contributed by atoms with Crippen LogP contribution in [0.1, 0.15) is 28.7 Å². The lowest BCUT2D eigenvalue weighted by Crippen LogP contribution is -2.22.